The molecule has 0 amide bonds. The Kier molecular flexibility index (Phi) is 5.06. The highest BCUT2D eigenvalue weighted by molar-refractivity contribution is 5.44. The van der Waals surface area contributed by atoms with Crippen molar-refractivity contribution in [1.29, 1.82) is 0 Å². The largest absolute Gasteiger partial charge is 0.332 e. The molecule has 4 rings (SSSR count). The Morgan fingerprint density at radius 2 is 1.84 bits per heavy atom. The maximum absolute atomic E-state index is 5.41. The number of rotatable bonds is 4. The SMILES string of the molecule is Cc1cnc(-c2nc(C3CCN(CC4CCCCC4)CC3)no2)cn1. The minimum absolute atomic E-state index is 0.401. The Morgan fingerprint density at radius 1 is 1.04 bits per heavy atom. The number of likely N-dealkylation sites (tertiary alicyclic amines) is 1. The third-order valence-corrected chi connectivity index (χ3v) is 5.64. The maximum atomic E-state index is 5.41. The van der Waals surface area contributed by atoms with E-state index in [1.54, 1.807) is 12.4 Å². The summed E-state index contributed by atoms with van der Waals surface area (Å²) in [6, 6.07) is 0. The Hall–Kier alpha value is -1.82. The van der Waals surface area contributed by atoms with Gasteiger partial charge in [-0.2, -0.15) is 4.98 Å². The summed E-state index contributed by atoms with van der Waals surface area (Å²) in [6.07, 6.45) is 12.8. The van der Waals surface area contributed by atoms with E-state index in [1.807, 2.05) is 6.92 Å². The minimum Gasteiger partial charge on any atom is -0.332 e. The van der Waals surface area contributed by atoms with Crippen LogP contribution < -0.4 is 0 Å². The molecule has 2 aromatic heterocycles. The summed E-state index contributed by atoms with van der Waals surface area (Å²) in [5.74, 6) is 2.63. The molecule has 0 radical (unpaired) electrons. The number of hydrogen-bond acceptors (Lipinski definition) is 6. The smallest absolute Gasteiger partial charge is 0.278 e. The van der Waals surface area contributed by atoms with E-state index >= 15 is 0 Å². The van der Waals surface area contributed by atoms with Crippen molar-refractivity contribution in [3.05, 3.63) is 23.9 Å². The maximum Gasteiger partial charge on any atom is 0.278 e. The molecule has 6 heteroatoms. The highest BCUT2D eigenvalue weighted by atomic mass is 16.5. The number of piperidine rings is 1. The summed E-state index contributed by atoms with van der Waals surface area (Å²) >= 11 is 0. The molecule has 2 fully saturated rings. The first kappa shape index (κ1) is 16.6. The highest BCUT2D eigenvalue weighted by Crippen LogP contribution is 2.30. The molecule has 0 aromatic carbocycles. The first-order valence-electron chi connectivity index (χ1n) is 9.63. The molecule has 6 nitrogen and oxygen atoms in total. The fourth-order valence-electron chi connectivity index (χ4n) is 4.12. The van der Waals surface area contributed by atoms with Crippen molar-refractivity contribution in [3.8, 4) is 11.6 Å². The second-order valence-corrected chi connectivity index (χ2v) is 7.58. The van der Waals surface area contributed by atoms with E-state index in [0.717, 1.165) is 43.4 Å². The molecule has 1 aliphatic heterocycles. The first-order chi connectivity index (χ1) is 12.3. The summed E-state index contributed by atoms with van der Waals surface area (Å²) in [4.78, 5) is 15.8. The van der Waals surface area contributed by atoms with Crippen LogP contribution >= 0.6 is 0 Å². The van der Waals surface area contributed by atoms with Gasteiger partial charge in [0.25, 0.3) is 5.89 Å². The molecule has 2 aromatic rings. The van der Waals surface area contributed by atoms with Crippen LogP contribution in [0.2, 0.25) is 0 Å². The number of aryl methyl sites for hydroxylation is 1. The van der Waals surface area contributed by atoms with Gasteiger partial charge in [-0.1, -0.05) is 24.4 Å². The monoisotopic (exact) mass is 341 g/mol. The van der Waals surface area contributed by atoms with Crippen molar-refractivity contribution in [2.24, 2.45) is 5.92 Å². The van der Waals surface area contributed by atoms with Crippen LogP contribution in [0.25, 0.3) is 11.6 Å². The average Bonchev–Trinajstić information content (AvgIpc) is 3.14. The molecule has 1 saturated carbocycles. The van der Waals surface area contributed by atoms with Crippen LogP contribution in [-0.2, 0) is 0 Å². The third-order valence-electron chi connectivity index (χ3n) is 5.64. The summed E-state index contributed by atoms with van der Waals surface area (Å²) in [7, 11) is 0. The molecule has 2 aliphatic rings. The predicted octanol–water partition coefficient (Wildman–Crippen LogP) is 3.59. The van der Waals surface area contributed by atoms with Gasteiger partial charge in [0, 0.05) is 18.7 Å². The second kappa shape index (κ2) is 7.60. The van der Waals surface area contributed by atoms with E-state index in [0.29, 0.717) is 17.5 Å². The van der Waals surface area contributed by atoms with Crippen LogP contribution in [0.5, 0.6) is 0 Å². The van der Waals surface area contributed by atoms with E-state index in [-0.39, 0.29) is 0 Å². The van der Waals surface area contributed by atoms with Crippen molar-refractivity contribution in [2.45, 2.75) is 57.8 Å². The summed E-state index contributed by atoms with van der Waals surface area (Å²) in [5, 5.41) is 4.21. The molecule has 1 aliphatic carbocycles. The fraction of sp³-hybridized carbons (Fsp3) is 0.684. The lowest BCUT2D eigenvalue weighted by molar-refractivity contribution is 0.161. The van der Waals surface area contributed by atoms with Crippen LogP contribution in [0.3, 0.4) is 0 Å². The topological polar surface area (TPSA) is 67.9 Å². The van der Waals surface area contributed by atoms with Crippen molar-refractivity contribution >= 4 is 0 Å². The number of hydrogen-bond donors (Lipinski definition) is 0. The average molecular weight is 341 g/mol. The zero-order chi connectivity index (χ0) is 17.1. The Morgan fingerprint density at radius 3 is 2.56 bits per heavy atom. The zero-order valence-corrected chi connectivity index (χ0v) is 15.0. The van der Waals surface area contributed by atoms with E-state index in [9.17, 15) is 0 Å². The van der Waals surface area contributed by atoms with Crippen molar-refractivity contribution in [1.82, 2.24) is 25.0 Å². The van der Waals surface area contributed by atoms with Gasteiger partial charge in [-0.3, -0.25) is 4.98 Å². The standard InChI is InChI=1S/C19H27N5O/c1-14-11-21-17(12-20-14)19-22-18(23-25-19)16-7-9-24(10-8-16)13-15-5-3-2-4-6-15/h11-12,15-16H,2-10,13H2,1H3. The molecule has 0 bridgehead atoms. The van der Waals surface area contributed by atoms with E-state index in [2.05, 4.69) is 25.0 Å². The number of nitrogens with zero attached hydrogens (tertiary/aromatic N) is 5. The van der Waals surface area contributed by atoms with Gasteiger partial charge in [-0.15, -0.1) is 0 Å². The van der Waals surface area contributed by atoms with Gasteiger partial charge in [-0.25, -0.2) is 4.98 Å². The predicted molar refractivity (Wildman–Crippen MR) is 95.1 cm³/mol. The second-order valence-electron chi connectivity index (χ2n) is 7.58. The molecule has 3 heterocycles. The Balaban J connectivity index is 1.32. The summed E-state index contributed by atoms with van der Waals surface area (Å²) in [5.41, 5.74) is 1.54. The molecule has 0 atom stereocenters. The van der Waals surface area contributed by atoms with Crippen LogP contribution in [0.1, 0.15) is 62.4 Å². The lowest BCUT2D eigenvalue weighted by atomic mass is 9.88. The van der Waals surface area contributed by atoms with Crippen molar-refractivity contribution in [3.63, 3.8) is 0 Å². The molecular formula is C19H27N5O. The molecule has 1 saturated heterocycles. The summed E-state index contributed by atoms with van der Waals surface area (Å²) in [6.45, 7) is 5.49. The first-order valence-corrected chi connectivity index (χ1v) is 9.63. The van der Waals surface area contributed by atoms with Crippen LogP contribution in [0, 0.1) is 12.8 Å². The lowest BCUT2D eigenvalue weighted by Crippen LogP contribution is -2.37. The van der Waals surface area contributed by atoms with Crippen LogP contribution in [0.15, 0.2) is 16.9 Å². The van der Waals surface area contributed by atoms with Gasteiger partial charge < -0.3 is 9.42 Å². The quantitative estimate of drug-likeness (QED) is 0.846. The lowest BCUT2D eigenvalue weighted by Gasteiger charge is -2.34. The van der Waals surface area contributed by atoms with Gasteiger partial charge in [0.2, 0.25) is 0 Å². The van der Waals surface area contributed by atoms with E-state index in [1.165, 1.54) is 38.6 Å². The Labute approximate surface area is 149 Å². The molecule has 134 valence electrons. The minimum atomic E-state index is 0.401. The molecule has 0 spiro atoms. The summed E-state index contributed by atoms with van der Waals surface area (Å²) < 4.78 is 5.41. The highest BCUT2D eigenvalue weighted by Gasteiger charge is 2.26. The van der Waals surface area contributed by atoms with Crippen LogP contribution in [0.4, 0.5) is 0 Å². The molecule has 25 heavy (non-hydrogen) atoms. The van der Waals surface area contributed by atoms with Gasteiger partial charge >= 0.3 is 0 Å². The molecular weight excluding hydrogens is 314 g/mol. The van der Waals surface area contributed by atoms with Crippen molar-refractivity contribution in [2.75, 3.05) is 19.6 Å². The van der Waals surface area contributed by atoms with Gasteiger partial charge in [0.15, 0.2) is 5.82 Å². The molecule has 0 N–H and O–H groups in total. The van der Waals surface area contributed by atoms with E-state index < -0.39 is 0 Å². The van der Waals surface area contributed by atoms with E-state index in [4.69, 9.17) is 4.52 Å². The van der Waals surface area contributed by atoms with Crippen molar-refractivity contribution < 1.29 is 4.52 Å². The Bertz CT molecular complexity index is 669. The van der Waals surface area contributed by atoms with Gasteiger partial charge in [0.1, 0.15) is 5.69 Å². The fourth-order valence-corrected chi connectivity index (χ4v) is 4.12. The van der Waals surface area contributed by atoms with Crippen LogP contribution in [-0.4, -0.2) is 44.6 Å². The van der Waals surface area contributed by atoms with Gasteiger partial charge in [0.05, 0.1) is 11.9 Å². The molecule has 0 unspecified atom stereocenters. The third kappa shape index (κ3) is 4.06. The van der Waals surface area contributed by atoms with Gasteiger partial charge in [-0.05, 0) is 51.6 Å². The normalized spacial score (nSPS) is 20.8. The zero-order valence-electron chi connectivity index (χ0n) is 15.0. The number of aromatic nitrogens is 4.